The molecule has 2 amide bonds. The molecule has 1 aromatic heterocycles. The summed E-state index contributed by atoms with van der Waals surface area (Å²) in [6, 6.07) is 17.4. The number of hydrogen-bond acceptors (Lipinski definition) is 4. The molecule has 0 radical (unpaired) electrons. The maximum Gasteiger partial charge on any atom is 0.257 e. The fraction of sp³-hybridized carbons (Fsp3) is 0.452. The van der Waals surface area contributed by atoms with Crippen LogP contribution >= 0.6 is 0 Å². The maximum absolute atomic E-state index is 14.0. The summed E-state index contributed by atoms with van der Waals surface area (Å²) in [7, 11) is 1.87. The molecule has 0 N–H and O–H groups in total. The van der Waals surface area contributed by atoms with E-state index in [1.807, 2.05) is 71.4 Å². The van der Waals surface area contributed by atoms with E-state index in [-0.39, 0.29) is 24.0 Å². The Morgan fingerprint density at radius 1 is 0.892 bits per heavy atom. The molecule has 6 heteroatoms. The van der Waals surface area contributed by atoms with E-state index in [1.54, 1.807) is 6.20 Å². The van der Waals surface area contributed by atoms with Gasteiger partial charge in [-0.05, 0) is 56.4 Å². The number of amides is 2. The van der Waals surface area contributed by atoms with E-state index < -0.39 is 0 Å². The van der Waals surface area contributed by atoms with Gasteiger partial charge in [0.2, 0.25) is 0 Å². The van der Waals surface area contributed by atoms with Crippen LogP contribution in [-0.4, -0.2) is 58.9 Å². The Bertz CT molecular complexity index is 1240. The highest BCUT2D eigenvalue weighted by molar-refractivity contribution is 5.98. The molecule has 2 heterocycles. The molecule has 0 bridgehead atoms. The highest BCUT2D eigenvalue weighted by atomic mass is 16.5. The smallest absolute Gasteiger partial charge is 0.257 e. The molecule has 6 nitrogen and oxygen atoms in total. The summed E-state index contributed by atoms with van der Waals surface area (Å²) < 4.78 is 6.62. The van der Waals surface area contributed by atoms with Gasteiger partial charge in [0.1, 0.15) is 11.9 Å². The van der Waals surface area contributed by atoms with Gasteiger partial charge >= 0.3 is 0 Å². The standard InChI is InChI=1S/C31H37N3O3/c1-33-19-11-3-2-4-12-20-34(30(35)24-21-23-13-5-7-15-26(23)32-22-24)27-16-8-10-18-29(27)37-28-17-9-6-14-25(28)31(33)36/h5-7,9,13-15,17,21-22,27,29H,2-4,8,10-12,16,18-20H2,1H3/t27-,29+/m1/s1. The first kappa shape index (κ1) is 25.2. The summed E-state index contributed by atoms with van der Waals surface area (Å²) in [6.45, 7) is 1.44. The lowest BCUT2D eigenvalue weighted by atomic mass is 9.90. The number of aromatic nitrogens is 1. The molecule has 1 saturated carbocycles. The Morgan fingerprint density at radius 2 is 1.62 bits per heavy atom. The minimum atomic E-state index is -0.157. The monoisotopic (exact) mass is 499 g/mol. The summed E-state index contributed by atoms with van der Waals surface area (Å²) in [5.41, 5.74) is 2.11. The van der Waals surface area contributed by atoms with E-state index in [9.17, 15) is 9.59 Å². The molecule has 0 saturated heterocycles. The van der Waals surface area contributed by atoms with E-state index in [2.05, 4.69) is 4.98 Å². The Morgan fingerprint density at radius 3 is 2.51 bits per heavy atom. The van der Waals surface area contributed by atoms with Gasteiger partial charge in [0.05, 0.1) is 22.7 Å². The molecule has 2 aliphatic rings. The second-order valence-electron chi connectivity index (χ2n) is 10.4. The SMILES string of the molecule is CN1CCCCCCCN(C(=O)c2cnc3ccccc3c2)[C@@H]2CCCC[C@@H]2Oc2ccccc2C1=O. The van der Waals surface area contributed by atoms with Crippen molar-refractivity contribution in [2.45, 2.75) is 69.9 Å². The van der Waals surface area contributed by atoms with Crippen molar-refractivity contribution in [2.24, 2.45) is 0 Å². The number of para-hydroxylation sites is 2. The van der Waals surface area contributed by atoms with Gasteiger partial charge in [0, 0.05) is 31.7 Å². The van der Waals surface area contributed by atoms with Gasteiger partial charge in [-0.2, -0.15) is 0 Å². The predicted octanol–water partition coefficient (Wildman–Crippen LogP) is 6.10. The Hall–Kier alpha value is -3.41. The Balaban J connectivity index is 1.48. The molecule has 2 aromatic carbocycles. The number of ether oxygens (including phenoxy) is 1. The molecular weight excluding hydrogens is 462 g/mol. The normalized spacial score (nSPS) is 21.8. The second kappa shape index (κ2) is 11.8. The third-order valence-corrected chi connectivity index (χ3v) is 7.80. The second-order valence-corrected chi connectivity index (χ2v) is 10.4. The van der Waals surface area contributed by atoms with Crippen LogP contribution in [0.2, 0.25) is 0 Å². The van der Waals surface area contributed by atoms with Crippen molar-refractivity contribution in [2.75, 3.05) is 20.1 Å². The van der Waals surface area contributed by atoms with Gasteiger partial charge in [-0.25, -0.2) is 0 Å². The van der Waals surface area contributed by atoms with Gasteiger partial charge in [-0.15, -0.1) is 0 Å². The number of nitrogens with zero attached hydrogens (tertiary/aromatic N) is 3. The minimum Gasteiger partial charge on any atom is -0.487 e. The summed E-state index contributed by atoms with van der Waals surface area (Å²) >= 11 is 0. The van der Waals surface area contributed by atoms with Gasteiger partial charge in [-0.1, -0.05) is 56.0 Å². The van der Waals surface area contributed by atoms with Gasteiger partial charge in [-0.3, -0.25) is 14.6 Å². The zero-order chi connectivity index (χ0) is 25.6. The lowest BCUT2D eigenvalue weighted by Crippen LogP contribution is -2.51. The molecule has 3 aromatic rings. The molecular formula is C31H37N3O3. The molecule has 37 heavy (non-hydrogen) atoms. The Labute approximate surface area is 219 Å². The van der Waals surface area contributed by atoms with Crippen molar-refractivity contribution in [1.29, 1.82) is 0 Å². The topological polar surface area (TPSA) is 62.7 Å². The zero-order valence-corrected chi connectivity index (χ0v) is 21.8. The van der Waals surface area contributed by atoms with Gasteiger partial charge < -0.3 is 14.5 Å². The van der Waals surface area contributed by atoms with Crippen LogP contribution in [0.15, 0.2) is 60.8 Å². The maximum atomic E-state index is 14.0. The molecule has 0 unspecified atom stereocenters. The number of carbonyl (C=O) groups is 2. The third kappa shape index (κ3) is 5.79. The molecule has 1 aliphatic carbocycles. The van der Waals surface area contributed by atoms with Crippen LogP contribution in [0.4, 0.5) is 0 Å². The Kier molecular flexibility index (Phi) is 8.02. The number of carbonyl (C=O) groups excluding carboxylic acids is 2. The zero-order valence-electron chi connectivity index (χ0n) is 21.8. The predicted molar refractivity (Wildman–Crippen MR) is 146 cm³/mol. The number of pyridine rings is 1. The van der Waals surface area contributed by atoms with E-state index in [1.165, 1.54) is 0 Å². The number of hydrogen-bond donors (Lipinski definition) is 0. The van der Waals surface area contributed by atoms with Crippen molar-refractivity contribution in [3.05, 3.63) is 71.9 Å². The van der Waals surface area contributed by atoms with Crippen molar-refractivity contribution in [1.82, 2.24) is 14.8 Å². The van der Waals surface area contributed by atoms with E-state index in [0.29, 0.717) is 23.4 Å². The molecule has 5 rings (SSSR count). The highest BCUT2D eigenvalue weighted by Gasteiger charge is 2.35. The van der Waals surface area contributed by atoms with Crippen molar-refractivity contribution in [3.63, 3.8) is 0 Å². The van der Waals surface area contributed by atoms with Crippen LogP contribution in [0.3, 0.4) is 0 Å². The number of fused-ring (bicyclic) bond motifs is 3. The lowest BCUT2D eigenvalue weighted by molar-refractivity contribution is 0.0270. The molecule has 1 aliphatic heterocycles. The molecule has 194 valence electrons. The van der Waals surface area contributed by atoms with Crippen LogP contribution in [0.5, 0.6) is 5.75 Å². The minimum absolute atomic E-state index is 0.00648. The fourth-order valence-electron chi connectivity index (χ4n) is 5.72. The number of rotatable bonds is 1. The molecule has 2 atom stereocenters. The van der Waals surface area contributed by atoms with Crippen LogP contribution in [-0.2, 0) is 0 Å². The summed E-state index contributed by atoms with van der Waals surface area (Å²) in [5, 5.41) is 0.972. The highest BCUT2D eigenvalue weighted by Crippen LogP contribution is 2.31. The summed E-state index contributed by atoms with van der Waals surface area (Å²) in [6.07, 6.45) is 10.6. The molecule has 1 fully saturated rings. The number of benzene rings is 2. The van der Waals surface area contributed by atoms with Crippen LogP contribution < -0.4 is 4.74 Å². The van der Waals surface area contributed by atoms with Crippen molar-refractivity contribution in [3.8, 4) is 5.75 Å². The third-order valence-electron chi connectivity index (χ3n) is 7.80. The quantitative estimate of drug-likeness (QED) is 0.406. The van der Waals surface area contributed by atoms with E-state index in [0.717, 1.165) is 75.2 Å². The van der Waals surface area contributed by atoms with Crippen LogP contribution in [0, 0.1) is 0 Å². The van der Waals surface area contributed by atoms with Gasteiger partial charge in [0.15, 0.2) is 0 Å². The van der Waals surface area contributed by atoms with Crippen molar-refractivity contribution >= 4 is 22.7 Å². The summed E-state index contributed by atoms with van der Waals surface area (Å²) in [4.78, 5) is 35.7. The first-order chi connectivity index (χ1) is 18.1. The first-order valence-corrected chi connectivity index (χ1v) is 13.8. The van der Waals surface area contributed by atoms with E-state index in [4.69, 9.17) is 4.74 Å². The fourth-order valence-corrected chi connectivity index (χ4v) is 5.72. The van der Waals surface area contributed by atoms with Crippen molar-refractivity contribution < 1.29 is 14.3 Å². The van der Waals surface area contributed by atoms with E-state index >= 15 is 0 Å². The lowest BCUT2D eigenvalue weighted by Gasteiger charge is -2.40. The largest absolute Gasteiger partial charge is 0.487 e. The average molecular weight is 500 g/mol. The average Bonchev–Trinajstić information content (AvgIpc) is 2.94. The van der Waals surface area contributed by atoms with Crippen LogP contribution in [0.25, 0.3) is 10.9 Å². The van der Waals surface area contributed by atoms with Crippen LogP contribution in [0.1, 0.15) is 78.5 Å². The summed E-state index contributed by atoms with van der Waals surface area (Å²) in [5.74, 6) is 0.631. The van der Waals surface area contributed by atoms with Gasteiger partial charge in [0.25, 0.3) is 11.8 Å². The first-order valence-electron chi connectivity index (χ1n) is 13.8. The molecule has 0 spiro atoms.